The fourth-order valence-corrected chi connectivity index (χ4v) is 5.82. The first kappa shape index (κ1) is 29.3. The number of amides is 1. The zero-order chi connectivity index (χ0) is 30.8. The predicted octanol–water partition coefficient (Wildman–Crippen LogP) is 3.52. The van der Waals surface area contributed by atoms with Crippen LogP contribution in [0, 0.1) is 5.92 Å². The van der Waals surface area contributed by atoms with E-state index in [1.165, 1.54) is 36.4 Å². The number of hydrazine groups is 1. The summed E-state index contributed by atoms with van der Waals surface area (Å²) in [5.74, 6) is -12.0. The molecule has 0 spiro atoms. The molecular formula is C26H15BrF6N2O7. The minimum Gasteiger partial charge on any atom is -0.429 e. The Morgan fingerprint density at radius 2 is 1.43 bits per heavy atom. The maximum absolute atomic E-state index is 14.1. The van der Waals surface area contributed by atoms with E-state index >= 15 is 0 Å². The number of hydrogen-bond donors (Lipinski definition) is 0. The Bertz CT molecular complexity index is 1550. The van der Waals surface area contributed by atoms with Gasteiger partial charge in [-0.3, -0.25) is 14.4 Å². The molecule has 2 aromatic carbocycles. The smallest absolute Gasteiger partial charge is 0.429 e. The Labute approximate surface area is 239 Å². The number of nitrogens with zero attached hydrogens (tertiary/aromatic N) is 2. The molecule has 4 unspecified atom stereocenters. The highest BCUT2D eigenvalue weighted by atomic mass is 79.9. The summed E-state index contributed by atoms with van der Waals surface area (Å²) in [5, 5.41) is 1.00. The summed E-state index contributed by atoms with van der Waals surface area (Å²) >= 11 is 3.21. The van der Waals surface area contributed by atoms with Crippen molar-refractivity contribution in [3.8, 4) is 0 Å². The number of esters is 2. The third-order valence-corrected chi connectivity index (χ3v) is 7.83. The van der Waals surface area contributed by atoms with Gasteiger partial charge in [-0.05, 0) is 17.7 Å². The second-order valence-corrected chi connectivity index (χ2v) is 10.3. The van der Waals surface area contributed by atoms with Crippen LogP contribution >= 0.6 is 15.9 Å². The van der Waals surface area contributed by atoms with E-state index in [1.54, 1.807) is 6.07 Å². The van der Waals surface area contributed by atoms with Gasteiger partial charge in [0.2, 0.25) is 11.5 Å². The highest BCUT2D eigenvalue weighted by molar-refractivity contribution is 9.10. The van der Waals surface area contributed by atoms with Gasteiger partial charge < -0.3 is 9.47 Å². The number of alkyl halides is 6. The maximum atomic E-state index is 14.1. The van der Waals surface area contributed by atoms with E-state index < -0.39 is 77.0 Å². The number of carbonyl (C=O) groups excluding carboxylic acids is 5. The zero-order valence-electron chi connectivity index (χ0n) is 20.6. The molecule has 42 heavy (non-hydrogen) atoms. The van der Waals surface area contributed by atoms with Crippen LogP contribution in [0.25, 0.3) is 0 Å². The van der Waals surface area contributed by atoms with Crippen LogP contribution in [0.4, 0.5) is 26.3 Å². The predicted molar refractivity (Wildman–Crippen MR) is 128 cm³/mol. The molecule has 16 heteroatoms. The van der Waals surface area contributed by atoms with Crippen molar-refractivity contribution in [3.05, 3.63) is 82.5 Å². The lowest BCUT2D eigenvalue weighted by molar-refractivity contribution is -0.241. The van der Waals surface area contributed by atoms with Crippen molar-refractivity contribution in [1.29, 1.82) is 0 Å². The monoisotopic (exact) mass is 660 g/mol. The van der Waals surface area contributed by atoms with Crippen molar-refractivity contribution in [2.75, 3.05) is 0 Å². The van der Waals surface area contributed by atoms with Crippen molar-refractivity contribution >= 4 is 45.3 Å². The Hall–Kier alpha value is -4.21. The summed E-state index contributed by atoms with van der Waals surface area (Å²) in [6.45, 7) is 0. The molecule has 3 aliphatic heterocycles. The molecule has 0 aliphatic carbocycles. The number of rotatable bonds is 5. The summed E-state index contributed by atoms with van der Waals surface area (Å²) in [6, 6.07) is 9.70. The molecule has 3 heterocycles. The molecule has 4 atom stereocenters. The number of halogens is 7. The summed E-state index contributed by atoms with van der Waals surface area (Å²) in [5.41, 5.74) is -6.28. The van der Waals surface area contributed by atoms with Gasteiger partial charge >= 0.3 is 24.3 Å². The first-order chi connectivity index (χ1) is 19.6. The molecule has 2 fully saturated rings. The van der Waals surface area contributed by atoms with Crippen LogP contribution in [0.15, 0.2) is 71.3 Å². The first-order valence-electron chi connectivity index (χ1n) is 11.8. The number of carbonyl (C=O) groups is 5. The Morgan fingerprint density at radius 3 is 2.02 bits per heavy atom. The molecule has 2 bridgehead atoms. The van der Waals surface area contributed by atoms with Gasteiger partial charge in [0.05, 0.1) is 0 Å². The molecule has 5 rings (SSSR count). The molecule has 220 valence electrons. The molecule has 3 aliphatic rings. The first-order valence-corrected chi connectivity index (χ1v) is 12.6. The lowest BCUT2D eigenvalue weighted by Gasteiger charge is -2.44. The van der Waals surface area contributed by atoms with Crippen LogP contribution in [0.3, 0.4) is 0 Å². The summed E-state index contributed by atoms with van der Waals surface area (Å²) in [6.07, 6.45) is -10.3. The molecular weight excluding hydrogens is 646 g/mol. The molecule has 0 saturated carbocycles. The van der Waals surface area contributed by atoms with Crippen molar-refractivity contribution < 1.29 is 59.8 Å². The molecule has 0 radical (unpaired) electrons. The molecule has 0 N–H and O–H groups in total. The maximum Gasteiger partial charge on any atom is 0.491 e. The average Bonchev–Trinajstić information content (AvgIpc) is 3.21. The van der Waals surface area contributed by atoms with Crippen molar-refractivity contribution in [2.24, 2.45) is 5.92 Å². The van der Waals surface area contributed by atoms with Gasteiger partial charge in [-0.25, -0.2) is 19.6 Å². The standard InChI is InChI=1S/C26H15BrF6N2O7/c27-15-9-5-4-6-13(15)12-23(41-21(39)25(28,29)30)17-16(36)10-11-34(23)35-18(17)19(37)24(20(35)38,14-7-2-1-3-8-14)42-22(40)26(31,32)33/h1-11,17-18H,12H2. The van der Waals surface area contributed by atoms with Crippen LogP contribution in [0.1, 0.15) is 11.1 Å². The molecule has 2 saturated heterocycles. The Morgan fingerprint density at radius 1 is 0.857 bits per heavy atom. The van der Waals surface area contributed by atoms with Crippen molar-refractivity contribution in [3.63, 3.8) is 0 Å². The summed E-state index contributed by atoms with van der Waals surface area (Å²) in [7, 11) is 0. The number of ether oxygens (including phenoxy) is 2. The normalized spacial score (nSPS) is 26.9. The lowest BCUT2D eigenvalue weighted by Crippen LogP contribution is -2.61. The van der Waals surface area contributed by atoms with Gasteiger partial charge in [-0.2, -0.15) is 26.3 Å². The number of hydrogen-bond acceptors (Lipinski definition) is 8. The third kappa shape index (κ3) is 4.26. The van der Waals surface area contributed by atoms with E-state index in [-0.39, 0.29) is 5.56 Å². The lowest BCUT2D eigenvalue weighted by atomic mass is 9.77. The highest BCUT2D eigenvalue weighted by Crippen LogP contribution is 2.54. The fraction of sp³-hybridized carbons (Fsp3) is 0.269. The van der Waals surface area contributed by atoms with Crippen molar-refractivity contribution in [2.45, 2.75) is 36.1 Å². The third-order valence-electron chi connectivity index (χ3n) is 7.06. The second kappa shape index (κ2) is 9.68. The second-order valence-electron chi connectivity index (χ2n) is 9.43. The van der Waals surface area contributed by atoms with Gasteiger partial charge in [0.1, 0.15) is 12.0 Å². The number of benzene rings is 2. The topological polar surface area (TPSA) is 110 Å². The van der Waals surface area contributed by atoms with E-state index in [0.717, 1.165) is 24.4 Å². The van der Waals surface area contributed by atoms with E-state index in [4.69, 9.17) is 4.74 Å². The van der Waals surface area contributed by atoms with Gasteiger partial charge in [-0.15, -0.1) is 0 Å². The molecule has 0 aromatic heterocycles. The van der Waals surface area contributed by atoms with Gasteiger partial charge in [0, 0.05) is 22.7 Å². The van der Waals surface area contributed by atoms with Crippen LogP contribution in [-0.4, -0.2) is 63.5 Å². The van der Waals surface area contributed by atoms with Crippen LogP contribution in [-0.2, 0) is 45.5 Å². The average molecular weight is 661 g/mol. The Kier molecular flexibility index (Phi) is 6.75. The fourth-order valence-electron chi connectivity index (χ4n) is 5.39. The van der Waals surface area contributed by atoms with Crippen LogP contribution in [0.5, 0.6) is 0 Å². The summed E-state index contributed by atoms with van der Waals surface area (Å²) in [4.78, 5) is 65.7. The molecule has 2 aromatic rings. The zero-order valence-corrected chi connectivity index (χ0v) is 22.2. The largest absolute Gasteiger partial charge is 0.491 e. The quantitative estimate of drug-likeness (QED) is 0.272. The molecule has 9 nitrogen and oxygen atoms in total. The number of allylic oxidation sites excluding steroid dienone is 1. The molecule has 1 amide bonds. The van der Waals surface area contributed by atoms with E-state index in [1.807, 2.05) is 0 Å². The van der Waals surface area contributed by atoms with Crippen LogP contribution < -0.4 is 0 Å². The van der Waals surface area contributed by atoms with Gasteiger partial charge in [-0.1, -0.05) is 64.5 Å². The minimum absolute atomic E-state index is 0.185. The van der Waals surface area contributed by atoms with E-state index in [9.17, 15) is 50.3 Å². The minimum atomic E-state index is -5.66. The SMILES string of the molecule is O=C1C=CN2N3C(=O)C(OC(=O)C(F)(F)F)(c4ccccc4)C(=O)C3C1C2(Cc1ccccc1Br)OC(=O)C(F)(F)F. The summed E-state index contributed by atoms with van der Waals surface area (Å²) < 4.78 is 90.3. The number of Topliss-reactive ketones (excluding diaryl/α,β-unsaturated/α-hetero) is 1. The van der Waals surface area contributed by atoms with Crippen LogP contribution in [0.2, 0.25) is 0 Å². The van der Waals surface area contributed by atoms with Gasteiger partial charge in [0.25, 0.3) is 11.5 Å². The highest BCUT2D eigenvalue weighted by Gasteiger charge is 2.78. The number of fused-ring (bicyclic) bond motifs is 5. The number of ketones is 2. The van der Waals surface area contributed by atoms with E-state index in [0.29, 0.717) is 14.5 Å². The van der Waals surface area contributed by atoms with Crippen molar-refractivity contribution in [1.82, 2.24) is 10.0 Å². The van der Waals surface area contributed by atoms with Gasteiger partial charge in [0.15, 0.2) is 5.78 Å². The Balaban J connectivity index is 1.71. The van der Waals surface area contributed by atoms with E-state index in [2.05, 4.69) is 20.7 Å².